The number of aromatic nitrogens is 1. The lowest BCUT2D eigenvalue weighted by Gasteiger charge is -2.34. The van der Waals surface area contributed by atoms with Crippen LogP contribution in [-0.4, -0.2) is 47.8 Å². The molecule has 0 N–H and O–H groups in total. The number of hydrogen-bond donors (Lipinski definition) is 0. The molecule has 5 rings (SSSR count). The van der Waals surface area contributed by atoms with Crippen LogP contribution in [0.5, 0.6) is 11.5 Å². The molecule has 0 radical (unpaired) electrons. The number of halogens is 1. The Labute approximate surface area is 179 Å². The summed E-state index contributed by atoms with van der Waals surface area (Å²) in [6, 6.07) is 14.1. The third-order valence-corrected chi connectivity index (χ3v) is 6.53. The van der Waals surface area contributed by atoms with Crippen LogP contribution in [0.15, 0.2) is 47.8 Å². The minimum absolute atomic E-state index is 0.327. The first kappa shape index (κ1) is 18.9. The van der Waals surface area contributed by atoms with Crippen molar-refractivity contribution >= 4 is 22.9 Å². The number of ether oxygens (including phenoxy) is 2. The van der Waals surface area contributed by atoms with Gasteiger partial charge < -0.3 is 9.47 Å². The summed E-state index contributed by atoms with van der Waals surface area (Å²) in [6.45, 7) is 6.40. The Kier molecular flexibility index (Phi) is 5.42. The van der Waals surface area contributed by atoms with Crippen molar-refractivity contribution in [2.75, 3.05) is 33.0 Å². The molecule has 0 saturated carbocycles. The molecule has 3 aromatic rings. The fraction of sp³-hybridized carbons (Fsp3) is 0.318. The number of hydrogen-bond acceptors (Lipinski definition) is 6. The maximum atomic E-state index is 5.98. The van der Waals surface area contributed by atoms with Crippen LogP contribution in [0.2, 0.25) is 5.02 Å². The molecule has 0 unspecified atom stereocenters. The van der Waals surface area contributed by atoms with Crippen LogP contribution < -0.4 is 9.47 Å². The molecule has 2 aliphatic rings. The van der Waals surface area contributed by atoms with Gasteiger partial charge in [0.1, 0.15) is 5.01 Å². The highest BCUT2D eigenvalue weighted by Crippen LogP contribution is 2.33. The Morgan fingerprint density at radius 3 is 2.41 bits per heavy atom. The summed E-state index contributed by atoms with van der Waals surface area (Å²) in [5.41, 5.74) is 3.54. The lowest BCUT2D eigenvalue weighted by molar-refractivity contribution is 0.121. The van der Waals surface area contributed by atoms with Crippen LogP contribution in [-0.2, 0) is 13.1 Å². The van der Waals surface area contributed by atoms with Crippen molar-refractivity contribution < 1.29 is 9.47 Å². The fourth-order valence-electron chi connectivity index (χ4n) is 3.74. The molecular weight excluding hydrogens is 406 g/mol. The smallest absolute Gasteiger partial charge is 0.231 e. The van der Waals surface area contributed by atoms with Gasteiger partial charge in [-0.2, -0.15) is 0 Å². The van der Waals surface area contributed by atoms with Gasteiger partial charge in [-0.05, 0) is 29.8 Å². The molecule has 29 heavy (non-hydrogen) atoms. The topological polar surface area (TPSA) is 37.8 Å². The average Bonchev–Trinajstić information content (AvgIpc) is 3.39. The first-order valence-electron chi connectivity index (χ1n) is 9.76. The van der Waals surface area contributed by atoms with Gasteiger partial charge in [0.25, 0.3) is 0 Å². The van der Waals surface area contributed by atoms with Gasteiger partial charge in [0.15, 0.2) is 11.5 Å². The van der Waals surface area contributed by atoms with Gasteiger partial charge in [0, 0.05) is 55.2 Å². The second-order valence-corrected chi connectivity index (χ2v) is 8.69. The monoisotopic (exact) mass is 427 g/mol. The summed E-state index contributed by atoms with van der Waals surface area (Å²) < 4.78 is 10.9. The summed E-state index contributed by atoms with van der Waals surface area (Å²) in [4.78, 5) is 9.80. The standard InChI is InChI=1S/C22H22ClN3O2S/c23-18-4-2-17(3-5-18)22-24-19(14-29-22)13-26-9-7-25(8-10-26)12-16-1-6-20-21(11-16)28-15-27-20/h1-6,11,14H,7-10,12-13,15H2. The molecule has 0 bridgehead atoms. The van der Waals surface area contributed by atoms with E-state index in [4.69, 9.17) is 26.1 Å². The minimum Gasteiger partial charge on any atom is -0.454 e. The van der Waals surface area contributed by atoms with E-state index in [9.17, 15) is 0 Å². The second kappa shape index (κ2) is 8.32. The number of piperazine rings is 1. The van der Waals surface area contributed by atoms with Gasteiger partial charge in [-0.3, -0.25) is 9.80 Å². The van der Waals surface area contributed by atoms with Crippen LogP contribution >= 0.6 is 22.9 Å². The molecule has 0 amide bonds. The van der Waals surface area contributed by atoms with Crippen molar-refractivity contribution in [2.24, 2.45) is 0 Å². The van der Waals surface area contributed by atoms with E-state index in [2.05, 4.69) is 27.3 Å². The Bertz CT molecular complexity index is 984. The van der Waals surface area contributed by atoms with Gasteiger partial charge in [0.2, 0.25) is 6.79 Å². The second-order valence-electron chi connectivity index (χ2n) is 7.39. The fourth-order valence-corrected chi connectivity index (χ4v) is 4.68. The van der Waals surface area contributed by atoms with Gasteiger partial charge in [-0.15, -0.1) is 11.3 Å². The summed E-state index contributed by atoms with van der Waals surface area (Å²) in [5, 5.41) is 3.98. The van der Waals surface area contributed by atoms with Gasteiger partial charge >= 0.3 is 0 Å². The minimum atomic E-state index is 0.327. The Morgan fingerprint density at radius 1 is 0.897 bits per heavy atom. The number of benzene rings is 2. The van der Waals surface area contributed by atoms with E-state index in [0.717, 1.165) is 72.1 Å². The van der Waals surface area contributed by atoms with Gasteiger partial charge in [0.05, 0.1) is 5.69 Å². The van der Waals surface area contributed by atoms with Crippen molar-refractivity contribution in [3.8, 4) is 22.1 Å². The van der Waals surface area contributed by atoms with Crippen molar-refractivity contribution in [1.29, 1.82) is 0 Å². The van der Waals surface area contributed by atoms with Crippen LogP contribution in [0, 0.1) is 0 Å². The molecule has 150 valence electrons. The molecule has 3 heterocycles. The van der Waals surface area contributed by atoms with E-state index in [1.807, 2.05) is 30.3 Å². The van der Waals surface area contributed by atoms with Gasteiger partial charge in [-0.1, -0.05) is 29.8 Å². The largest absolute Gasteiger partial charge is 0.454 e. The number of fused-ring (bicyclic) bond motifs is 1. The van der Waals surface area contributed by atoms with Gasteiger partial charge in [-0.25, -0.2) is 4.98 Å². The van der Waals surface area contributed by atoms with Crippen LogP contribution in [0.4, 0.5) is 0 Å². The highest BCUT2D eigenvalue weighted by atomic mass is 35.5. The van der Waals surface area contributed by atoms with Crippen LogP contribution in [0.3, 0.4) is 0 Å². The summed E-state index contributed by atoms with van der Waals surface area (Å²) in [5.74, 6) is 1.71. The SMILES string of the molecule is Clc1ccc(-c2nc(CN3CCN(Cc4ccc5c(c4)OCO5)CC3)cs2)cc1. The number of thiazole rings is 1. The van der Waals surface area contributed by atoms with E-state index < -0.39 is 0 Å². The maximum Gasteiger partial charge on any atom is 0.231 e. The third kappa shape index (κ3) is 4.41. The summed E-state index contributed by atoms with van der Waals surface area (Å²) >= 11 is 7.68. The molecule has 1 aromatic heterocycles. The molecule has 2 aliphatic heterocycles. The maximum absolute atomic E-state index is 5.98. The molecule has 7 heteroatoms. The number of nitrogens with zero attached hydrogens (tertiary/aromatic N) is 3. The molecule has 2 aromatic carbocycles. The summed E-state index contributed by atoms with van der Waals surface area (Å²) in [7, 11) is 0. The first-order chi connectivity index (χ1) is 14.2. The molecule has 0 atom stereocenters. The molecule has 1 fully saturated rings. The average molecular weight is 428 g/mol. The lowest BCUT2D eigenvalue weighted by Crippen LogP contribution is -2.45. The van der Waals surface area contributed by atoms with E-state index >= 15 is 0 Å². The quantitative estimate of drug-likeness (QED) is 0.599. The summed E-state index contributed by atoms with van der Waals surface area (Å²) in [6.07, 6.45) is 0. The van der Waals surface area contributed by atoms with E-state index in [1.165, 1.54) is 5.56 Å². The Hall–Kier alpha value is -2.12. The Morgan fingerprint density at radius 2 is 1.62 bits per heavy atom. The van der Waals surface area contributed by atoms with Crippen LogP contribution in [0.25, 0.3) is 10.6 Å². The Balaban J connectivity index is 1.14. The zero-order valence-corrected chi connectivity index (χ0v) is 17.6. The normalized spacial score (nSPS) is 17.0. The van der Waals surface area contributed by atoms with E-state index in [1.54, 1.807) is 11.3 Å². The predicted octanol–water partition coefficient (Wildman–Crippen LogP) is 4.51. The predicted molar refractivity (Wildman–Crippen MR) is 116 cm³/mol. The molecule has 0 spiro atoms. The third-order valence-electron chi connectivity index (χ3n) is 5.34. The van der Waals surface area contributed by atoms with Crippen molar-refractivity contribution in [3.63, 3.8) is 0 Å². The molecule has 5 nitrogen and oxygen atoms in total. The molecule has 1 saturated heterocycles. The zero-order valence-electron chi connectivity index (χ0n) is 16.0. The van der Waals surface area contributed by atoms with Crippen molar-refractivity contribution in [2.45, 2.75) is 13.1 Å². The zero-order chi connectivity index (χ0) is 19.6. The van der Waals surface area contributed by atoms with Crippen molar-refractivity contribution in [3.05, 3.63) is 64.1 Å². The van der Waals surface area contributed by atoms with Crippen LogP contribution in [0.1, 0.15) is 11.3 Å². The number of rotatable bonds is 5. The highest BCUT2D eigenvalue weighted by Gasteiger charge is 2.20. The highest BCUT2D eigenvalue weighted by molar-refractivity contribution is 7.13. The first-order valence-corrected chi connectivity index (χ1v) is 11.0. The van der Waals surface area contributed by atoms with Crippen molar-refractivity contribution in [1.82, 2.24) is 14.8 Å². The lowest BCUT2D eigenvalue weighted by atomic mass is 10.1. The van der Waals surface area contributed by atoms with E-state index in [0.29, 0.717) is 6.79 Å². The van der Waals surface area contributed by atoms with E-state index in [-0.39, 0.29) is 0 Å². The molecule has 0 aliphatic carbocycles. The molecular formula is C22H22ClN3O2S.